The SMILES string of the molecule is COc1cccc(-c2cccc(C)c2C)c1COC(=O)Nc1ccnc(Nc2ccc(N3CC[C@@H](N(C)C)C3)cc2)n1. The highest BCUT2D eigenvalue weighted by atomic mass is 16.5. The number of hydrogen-bond donors (Lipinski definition) is 2. The quantitative estimate of drug-likeness (QED) is 0.240. The van der Waals surface area contributed by atoms with Crippen molar-refractivity contribution in [1.29, 1.82) is 0 Å². The van der Waals surface area contributed by atoms with Gasteiger partial charge in [-0.25, -0.2) is 9.78 Å². The Morgan fingerprint density at radius 1 is 1.02 bits per heavy atom. The Hall–Kier alpha value is -4.63. The number of nitrogens with zero attached hydrogens (tertiary/aromatic N) is 4. The molecule has 4 aromatic rings. The van der Waals surface area contributed by atoms with Crippen molar-refractivity contribution in [2.45, 2.75) is 32.9 Å². The van der Waals surface area contributed by atoms with Crippen LogP contribution in [0.5, 0.6) is 5.75 Å². The number of likely N-dealkylation sites (N-methyl/N-ethyl adjacent to an activating group) is 1. The summed E-state index contributed by atoms with van der Waals surface area (Å²) in [7, 11) is 5.88. The first-order valence-corrected chi connectivity index (χ1v) is 14.1. The fraction of sp³-hybridized carbons (Fsp3) is 0.303. The average Bonchev–Trinajstić information content (AvgIpc) is 3.49. The van der Waals surface area contributed by atoms with Crippen molar-refractivity contribution in [3.8, 4) is 16.9 Å². The van der Waals surface area contributed by atoms with Gasteiger partial charge in [-0.1, -0.05) is 30.3 Å². The van der Waals surface area contributed by atoms with Crippen LogP contribution in [0.4, 0.5) is 27.9 Å². The molecule has 9 heteroatoms. The number of ether oxygens (including phenoxy) is 2. The molecule has 5 rings (SSSR count). The fourth-order valence-corrected chi connectivity index (χ4v) is 5.25. The van der Waals surface area contributed by atoms with Crippen molar-refractivity contribution in [3.05, 3.63) is 89.6 Å². The molecule has 1 saturated heterocycles. The van der Waals surface area contributed by atoms with Crippen LogP contribution < -0.4 is 20.3 Å². The summed E-state index contributed by atoms with van der Waals surface area (Å²) in [6.45, 7) is 6.28. The van der Waals surface area contributed by atoms with Gasteiger partial charge in [0.25, 0.3) is 0 Å². The number of anilines is 4. The molecule has 1 aromatic heterocycles. The number of aryl methyl sites for hydroxylation is 1. The van der Waals surface area contributed by atoms with Crippen molar-refractivity contribution in [1.82, 2.24) is 14.9 Å². The van der Waals surface area contributed by atoms with Gasteiger partial charge in [0.2, 0.25) is 5.95 Å². The number of carbonyl (C=O) groups is 1. The third-order valence-electron chi connectivity index (χ3n) is 7.86. The van der Waals surface area contributed by atoms with E-state index < -0.39 is 6.09 Å². The zero-order chi connectivity index (χ0) is 29.6. The highest BCUT2D eigenvalue weighted by Gasteiger charge is 2.24. The van der Waals surface area contributed by atoms with E-state index in [-0.39, 0.29) is 6.61 Å². The summed E-state index contributed by atoms with van der Waals surface area (Å²) in [5.74, 6) is 1.36. The Morgan fingerprint density at radius 3 is 2.52 bits per heavy atom. The molecule has 3 aromatic carbocycles. The second kappa shape index (κ2) is 12.9. The van der Waals surface area contributed by atoms with Crippen LogP contribution in [0.3, 0.4) is 0 Å². The van der Waals surface area contributed by atoms with Crippen molar-refractivity contribution in [2.75, 3.05) is 49.8 Å². The van der Waals surface area contributed by atoms with Gasteiger partial charge >= 0.3 is 6.09 Å². The van der Waals surface area contributed by atoms with E-state index in [1.54, 1.807) is 19.4 Å². The van der Waals surface area contributed by atoms with E-state index in [2.05, 4.69) is 82.6 Å². The van der Waals surface area contributed by atoms with Crippen LogP contribution in [-0.2, 0) is 11.3 Å². The van der Waals surface area contributed by atoms with Gasteiger partial charge in [0.1, 0.15) is 18.2 Å². The van der Waals surface area contributed by atoms with Crippen LogP contribution in [-0.4, -0.2) is 61.3 Å². The van der Waals surface area contributed by atoms with E-state index >= 15 is 0 Å². The number of methoxy groups -OCH3 is 1. The standard InChI is InChI=1S/C33H38N6O3/c1-22-8-6-9-27(23(22)2)28-10-7-11-30(41-5)29(28)21-42-33(40)37-31-16-18-34-32(36-31)35-24-12-14-25(15-13-24)39-19-17-26(20-39)38(3)4/h6-16,18,26H,17,19-21H2,1-5H3,(H2,34,35,36,37,40)/t26-/m1/s1. The Kier molecular flexibility index (Phi) is 8.88. The van der Waals surface area contributed by atoms with E-state index in [4.69, 9.17) is 9.47 Å². The number of hydrogen-bond acceptors (Lipinski definition) is 8. The predicted octanol–water partition coefficient (Wildman–Crippen LogP) is 6.40. The number of rotatable bonds is 9. The lowest BCUT2D eigenvalue weighted by Crippen LogP contribution is -2.31. The molecule has 2 heterocycles. The molecule has 2 N–H and O–H groups in total. The molecule has 1 atom stereocenters. The molecule has 0 radical (unpaired) electrons. The molecule has 0 spiro atoms. The Bertz CT molecular complexity index is 1540. The lowest BCUT2D eigenvalue weighted by Gasteiger charge is -2.22. The molecule has 42 heavy (non-hydrogen) atoms. The highest BCUT2D eigenvalue weighted by Crippen LogP contribution is 2.34. The van der Waals surface area contributed by atoms with Gasteiger partial charge in [-0.05, 0) is 93.0 Å². The molecule has 1 amide bonds. The molecule has 1 fully saturated rings. The van der Waals surface area contributed by atoms with Crippen LogP contribution in [0.15, 0.2) is 72.9 Å². The van der Waals surface area contributed by atoms with E-state index in [0.29, 0.717) is 23.6 Å². The van der Waals surface area contributed by atoms with E-state index in [1.165, 1.54) is 16.8 Å². The summed E-state index contributed by atoms with van der Waals surface area (Å²) in [4.78, 5) is 26.2. The normalized spacial score (nSPS) is 14.6. The van der Waals surface area contributed by atoms with Crippen molar-refractivity contribution in [2.24, 2.45) is 0 Å². The molecule has 9 nitrogen and oxygen atoms in total. The first kappa shape index (κ1) is 28.9. The number of aromatic nitrogens is 2. The van der Waals surface area contributed by atoms with Gasteiger partial charge in [0.15, 0.2) is 0 Å². The van der Waals surface area contributed by atoms with Crippen molar-refractivity contribution in [3.63, 3.8) is 0 Å². The number of nitrogens with one attached hydrogen (secondary N) is 2. The number of benzene rings is 3. The second-order valence-electron chi connectivity index (χ2n) is 10.7. The van der Waals surface area contributed by atoms with E-state index in [9.17, 15) is 4.79 Å². The summed E-state index contributed by atoms with van der Waals surface area (Å²) in [6, 6.07) is 22.4. The van der Waals surface area contributed by atoms with Crippen LogP contribution in [0, 0.1) is 13.8 Å². The first-order valence-electron chi connectivity index (χ1n) is 14.1. The number of carbonyl (C=O) groups excluding carboxylic acids is 1. The topological polar surface area (TPSA) is 91.8 Å². The summed E-state index contributed by atoms with van der Waals surface area (Å²) >= 11 is 0. The largest absolute Gasteiger partial charge is 0.496 e. The van der Waals surface area contributed by atoms with Crippen LogP contribution in [0.25, 0.3) is 11.1 Å². The minimum absolute atomic E-state index is 0.0351. The van der Waals surface area contributed by atoms with Gasteiger partial charge < -0.3 is 24.6 Å². The van der Waals surface area contributed by atoms with E-state index in [1.807, 2.05) is 36.4 Å². The van der Waals surface area contributed by atoms with Gasteiger partial charge in [-0.2, -0.15) is 4.98 Å². The third-order valence-corrected chi connectivity index (χ3v) is 7.86. The maximum Gasteiger partial charge on any atom is 0.413 e. The van der Waals surface area contributed by atoms with Gasteiger partial charge in [-0.3, -0.25) is 5.32 Å². The molecule has 1 aliphatic heterocycles. The Balaban J connectivity index is 1.22. The average molecular weight is 567 g/mol. The highest BCUT2D eigenvalue weighted by molar-refractivity contribution is 5.84. The van der Waals surface area contributed by atoms with Gasteiger partial charge in [0.05, 0.1) is 7.11 Å². The van der Waals surface area contributed by atoms with Crippen molar-refractivity contribution >= 4 is 29.2 Å². The minimum atomic E-state index is -0.622. The number of amides is 1. The second-order valence-corrected chi connectivity index (χ2v) is 10.7. The zero-order valence-electron chi connectivity index (χ0n) is 24.8. The summed E-state index contributed by atoms with van der Waals surface area (Å²) in [6.07, 6.45) is 2.13. The summed E-state index contributed by atoms with van der Waals surface area (Å²) in [5, 5.41) is 5.92. The van der Waals surface area contributed by atoms with Crippen LogP contribution in [0.2, 0.25) is 0 Å². The molecule has 0 aliphatic carbocycles. The summed E-state index contributed by atoms with van der Waals surface area (Å²) < 4.78 is 11.2. The van der Waals surface area contributed by atoms with Crippen LogP contribution >= 0.6 is 0 Å². The smallest absolute Gasteiger partial charge is 0.413 e. The fourth-order valence-electron chi connectivity index (χ4n) is 5.25. The molecule has 0 bridgehead atoms. The molecular weight excluding hydrogens is 528 g/mol. The monoisotopic (exact) mass is 566 g/mol. The van der Waals surface area contributed by atoms with Crippen LogP contribution in [0.1, 0.15) is 23.1 Å². The predicted molar refractivity (Wildman–Crippen MR) is 168 cm³/mol. The minimum Gasteiger partial charge on any atom is -0.496 e. The molecule has 1 aliphatic rings. The van der Waals surface area contributed by atoms with Gasteiger partial charge in [-0.15, -0.1) is 0 Å². The maximum atomic E-state index is 12.8. The zero-order valence-corrected chi connectivity index (χ0v) is 24.8. The maximum absolute atomic E-state index is 12.8. The lowest BCUT2D eigenvalue weighted by atomic mass is 9.93. The molecule has 218 valence electrons. The van der Waals surface area contributed by atoms with Gasteiger partial charge in [0, 0.05) is 42.3 Å². The molecular formula is C33H38N6O3. The molecule has 0 saturated carbocycles. The third kappa shape index (κ3) is 6.63. The van der Waals surface area contributed by atoms with E-state index in [0.717, 1.165) is 41.9 Å². The van der Waals surface area contributed by atoms with Crippen molar-refractivity contribution < 1.29 is 14.3 Å². The molecule has 0 unspecified atom stereocenters. The first-order chi connectivity index (χ1) is 20.3. The Labute approximate surface area is 247 Å². The summed E-state index contributed by atoms with van der Waals surface area (Å²) in [5.41, 5.74) is 7.24. The lowest BCUT2D eigenvalue weighted by molar-refractivity contribution is 0.154. The Morgan fingerprint density at radius 2 is 1.79 bits per heavy atom.